The molecule has 1 heterocycles. The highest BCUT2D eigenvalue weighted by molar-refractivity contribution is 5.96. The number of carbonyl (C=O) groups is 1. The molecule has 0 fully saturated rings. The van der Waals surface area contributed by atoms with Crippen LogP contribution in [0.5, 0.6) is 23.0 Å². The van der Waals surface area contributed by atoms with E-state index in [0.717, 1.165) is 12.0 Å². The standard InChI is InChI=1S/C18H18O4/c1-2-3-15(20)11-5-7-17-12(8-11)4-6-14-16(21)9-13(19)10-18(14)22-17/h5,7-10,19,21H,2-4,6H2,1H3. The van der Waals surface area contributed by atoms with E-state index in [-0.39, 0.29) is 17.3 Å². The number of benzene rings is 2. The van der Waals surface area contributed by atoms with Crippen molar-refractivity contribution < 1.29 is 19.7 Å². The number of hydrogen-bond donors (Lipinski definition) is 2. The SMILES string of the molecule is CCCC(=O)c1ccc2c(c1)CCc1c(O)cc(O)cc1O2. The zero-order chi connectivity index (χ0) is 15.7. The molecule has 0 unspecified atom stereocenters. The molecule has 0 saturated carbocycles. The number of hydrogen-bond acceptors (Lipinski definition) is 4. The maximum absolute atomic E-state index is 12.0. The molecule has 2 N–H and O–H groups in total. The Morgan fingerprint density at radius 3 is 2.73 bits per heavy atom. The van der Waals surface area contributed by atoms with Crippen LogP contribution >= 0.6 is 0 Å². The third kappa shape index (κ3) is 2.64. The molecule has 22 heavy (non-hydrogen) atoms. The molecule has 0 amide bonds. The van der Waals surface area contributed by atoms with E-state index < -0.39 is 0 Å². The summed E-state index contributed by atoms with van der Waals surface area (Å²) in [6.07, 6.45) is 2.63. The third-order valence-electron chi connectivity index (χ3n) is 3.89. The van der Waals surface area contributed by atoms with E-state index in [4.69, 9.17) is 4.74 Å². The van der Waals surface area contributed by atoms with E-state index in [1.165, 1.54) is 12.1 Å². The number of ketones is 1. The zero-order valence-corrected chi connectivity index (χ0v) is 12.4. The average molecular weight is 298 g/mol. The first kappa shape index (κ1) is 14.4. The minimum atomic E-state index is -0.0329. The molecule has 4 heteroatoms. The number of phenols is 2. The van der Waals surface area contributed by atoms with Gasteiger partial charge in [-0.3, -0.25) is 4.79 Å². The van der Waals surface area contributed by atoms with Crippen molar-refractivity contribution in [2.75, 3.05) is 0 Å². The third-order valence-corrected chi connectivity index (χ3v) is 3.89. The Hall–Kier alpha value is -2.49. The average Bonchev–Trinajstić information content (AvgIpc) is 2.65. The number of fused-ring (bicyclic) bond motifs is 2. The summed E-state index contributed by atoms with van der Waals surface area (Å²) < 4.78 is 5.83. The van der Waals surface area contributed by atoms with Gasteiger partial charge in [-0.15, -0.1) is 0 Å². The summed E-state index contributed by atoms with van der Waals surface area (Å²) in [5.74, 6) is 1.26. The Morgan fingerprint density at radius 1 is 1.14 bits per heavy atom. The van der Waals surface area contributed by atoms with E-state index in [1.807, 2.05) is 13.0 Å². The molecule has 0 radical (unpaired) electrons. The van der Waals surface area contributed by atoms with Crippen LogP contribution in [0.25, 0.3) is 0 Å². The predicted molar refractivity (Wildman–Crippen MR) is 82.9 cm³/mol. The molecule has 0 aliphatic carbocycles. The van der Waals surface area contributed by atoms with Crippen molar-refractivity contribution in [2.24, 2.45) is 0 Å². The Bertz CT molecular complexity index is 734. The largest absolute Gasteiger partial charge is 0.508 e. The van der Waals surface area contributed by atoms with Gasteiger partial charge in [0.25, 0.3) is 0 Å². The molecule has 2 aromatic rings. The lowest BCUT2D eigenvalue weighted by Gasteiger charge is -2.11. The van der Waals surface area contributed by atoms with Crippen LogP contribution in [0.15, 0.2) is 30.3 Å². The Kier molecular flexibility index (Phi) is 3.75. The number of rotatable bonds is 3. The molecule has 0 spiro atoms. The van der Waals surface area contributed by atoms with Crippen molar-refractivity contribution >= 4 is 5.78 Å². The normalized spacial score (nSPS) is 12.8. The van der Waals surface area contributed by atoms with Crippen molar-refractivity contribution in [1.29, 1.82) is 0 Å². The fraction of sp³-hybridized carbons (Fsp3) is 0.278. The van der Waals surface area contributed by atoms with E-state index in [0.29, 0.717) is 41.9 Å². The second-order valence-corrected chi connectivity index (χ2v) is 5.54. The lowest BCUT2D eigenvalue weighted by molar-refractivity contribution is 0.0981. The van der Waals surface area contributed by atoms with E-state index >= 15 is 0 Å². The first-order valence-corrected chi connectivity index (χ1v) is 7.47. The van der Waals surface area contributed by atoms with Gasteiger partial charge < -0.3 is 14.9 Å². The van der Waals surface area contributed by atoms with Crippen LogP contribution in [0.2, 0.25) is 0 Å². The molecular formula is C18H18O4. The zero-order valence-electron chi connectivity index (χ0n) is 12.4. The summed E-state index contributed by atoms with van der Waals surface area (Å²) in [4.78, 5) is 12.0. The van der Waals surface area contributed by atoms with Gasteiger partial charge in [0, 0.05) is 29.7 Å². The molecule has 0 bridgehead atoms. The minimum absolute atomic E-state index is 0.0325. The van der Waals surface area contributed by atoms with Gasteiger partial charge in [-0.1, -0.05) is 6.92 Å². The Labute approximate surface area is 129 Å². The second kappa shape index (κ2) is 5.72. The van der Waals surface area contributed by atoms with Crippen molar-refractivity contribution in [3.8, 4) is 23.0 Å². The van der Waals surface area contributed by atoms with Crippen molar-refractivity contribution in [3.63, 3.8) is 0 Å². The molecule has 0 atom stereocenters. The smallest absolute Gasteiger partial charge is 0.162 e. The van der Waals surface area contributed by atoms with Gasteiger partial charge in [0.2, 0.25) is 0 Å². The number of aryl methyl sites for hydroxylation is 1. The summed E-state index contributed by atoms with van der Waals surface area (Å²) in [6.45, 7) is 1.98. The van der Waals surface area contributed by atoms with E-state index in [1.54, 1.807) is 12.1 Å². The fourth-order valence-electron chi connectivity index (χ4n) is 2.76. The number of Topliss-reactive ketones (excluding diaryl/α,β-unsaturated/α-hetero) is 1. The molecule has 4 nitrogen and oxygen atoms in total. The van der Waals surface area contributed by atoms with Gasteiger partial charge >= 0.3 is 0 Å². The van der Waals surface area contributed by atoms with Gasteiger partial charge in [0.15, 0.2) is 5.78 Å². The number of ether oxygens (including phenoxy) is 1. The van der Waals surface area contributed by atoms with Gasteiger partial charge in [0.1, 0.15) is 23.0 Å². The summed E-state index contributed by atoms with van der Waals surface area (Å²) in [5.41, 5.74) is 2.31. The molecular weight excluding hydrogens is 280 g/mol. The van der Waals surface area contributed by atoms with Crippen LogP contribution in [0, 0.1) is 0 Å². The topological polar surface area (TPSA) is 66.8 Å². The molecule has 3 rings (SSSR count). The lowest BCUT2D eigenvalue weighted by Crippen LogP contribution is -2.00. The second-order valence-electron chi connectivity index (χ2n) is 5.54. The van der Waals surface area contributed by atoms with Gasteiger partial charge in [-0.25, -0.2) is 0 Å². The monoisotopic (exact) mass is 298 g/mol. The maximum Gasteiger partial charge on any atom is 0.162 e. The van der Waals surface area contributed by atoms with Crippen molar-refractivity contribution in [3.05, 3.63) is 47.0 Å². The van der Waals surface area contributed by atoms with Crippen LogP contribution in [-0.4, -0.2) is 16.0 Å². The van der Waals surface area contributed by atoms with Crippen molar-refractivity contribution in [2.45, 2.75) is 32.6 Å². The highest BCUT2D eigenvalue weighted by atomic mass is 16.5. The molecule has 114 valence electrons. The van der Waals surface area contributed by atoms with Gasteiger partial charge in [-0.2, -0.15) is 0 Å². The van der Waals surface area contributed by atoms with Crippen LogP contribution < -0.4 is 4.74 Å². The quantitative estimate of drug-likeness (QED) is 0.841. The summed E-state index contributed by atoms with van der Waals surface area (Å²) in [7, 11) is 0. The molecule has 0 saturated heterocycles. The van der Waals surface area contributed by atoms with Crippen molar-refractivity contribution in [1.82, 2.24) is 0 Å². The summed E-state index contributed by atoms with van der Waals surface area (Å²) in [6, 6.07) is 8.24. The van der Waals surface area contributed by atoms with Crippen LogP contribution in [-0.2, 0) is 12.8 Å². The van der Waals surface area contributed by atoms with E-state index in [9.17, 15) is 15.0 Å². The summed E-state index contributed by atoms with van der Waals surface area (Å²) in [5, 5.41) is 19.6. The molecule has 1 aliphatic rings. The highest BCUT2D eigenvalue weighted by Crippen LogP contribution is 2.40. The number of carbonyl (C=O) groups excluding carboxylic acids is 1. The van der Waals surface area contributed by atoms with Gasteiger partial charge in [0.05, 0.1) is 0 Å². The minimum Gasteiger partial charge on any atom is -0.508 e. The highest BCUT2D eigenvalue weighted by Gasteiger charge is 2.19. The fourth-order valence-corrected chi connectivity index (χ4v) is 2.76. The first-order valence-electron chi connectivity index (χ1n) is 7.47. The Balaban J connectivity index is 1.97. The predicted octanol–water partition coefficient (Wildman–Crippen LogP) is 3.97. The van der Waals surface area contributed by atoms with E-state index in [2.05, 4.69) is 0 Å². The van der Waals surface area contributed by atoms with Crippen LogP contribution in [0.3, 0.4) is 0 Å². The molecule has 1 aliphatic heterocycles. The lowest BCUT2D eigenvalue weighted by atomic mass is 9.99. The summed E-state index contributed by atoms with van der Waals surface area (Å²) >= 11 is 0. The maximum atomic E-state index is 12.0. The number of aromatic hydroxyl groups is 2. The molecule has 0 aromatic heterocycles. The first-order chi connectivity index (χ1) is 10.6. The Morgan fingerprint density at radius 2 is 1.95 bits per heavy atom. The number of phenolic OH excluding ortho intramolecular Hbond substituents is 2. The van der Waals surface area contributed by atoms with Crippen LogP contribution in [0.4, 0.5) is 0 Å². The van der Waals surface area contributed by atoms with Gasteiger partial charge in [-0.05, 0) is 43.0 Å². The molecule has 2 aromatic carbocycles. The van der Waals surface area contributed by atoms with Crippen LogP contribution in [0.1, 0.15) is 41.3 Å².